The standard InChI is InChI=1S/C23H29N5OS/c1-12(2)18-11-30-15(5)20(18)28-14(4)13(3)19-22(25-16(6)26-23(19)28)27-9-7-8-17(10-27)21(24)29/h8,11-12H,7,9-10H2,1-6H3,(H2,24,29). The highest BCUT2D eigenvalue weighted by atomic mass is 32.1. The summed E-state index contributed by atoms with van der Waals surface area (Å²) in [6.45, 7) is 14.2. The monoisotopic (exact) mass is 423 g/mol. The summed E-state index contributed by atoms with van der Waals surface area (Å²) < 4.78 is 2.30. The first kappa shape index (κ1) is 20.6. The first-order valence-electron chi connectivity index (χ1n) is 10.4. The number of hydrogen-bond acceptors (Lipinski definition) is 5. The number of amides is 1. The molecule has 3 aromatic heterocycles. The Morgan fingerprint density at radius 2 is 1.93 bits per heavy atom. The van der Waals surface area contributed by atoms with Crippen LogP contribution in [0.4, 0.5) is 5.82 Å². The molecule has 0 aromatic carbocycles. The largest absolute Gasteiger partial charge is 0.366 e. The van der Waals surface area contributed by atoms with Crippen molar-refractivity contribution in [3.8, 4) is 5.69 Å². The van der Waals surface area contributed by atoms with Crippen molar-refractivity contribution >= 4 is 34.1 Å². The van der Waals surface area contributed by atoms with Crippen molar-refractivity contribution in [1.29, 1.82) is 0 Å². The number of rotatable bonds is 4. The number of primary amides is 1. The van der Waals surface area contributed by atoms with Crippen LogP contribution in [0.3, 0.4) is 0 Å². The molecule has 4 rings (SSSR count). The zero-order chi connectivity index (χ0) is 21.7. The summed E-state index contributed by atoms with van der Waals surface area (Å²) in [5.41, 5.74) is 12.1. The Hall–Kier alpha value is -2.67. The number of nitrogens with two attached hydrogens (primary N) is 1. The maximum absolute atomic E-state index is 11.8. The molecule has 0 unspecified atom stereocenters. The van der Waals surface area contributed by atoms with Crippen LogP contribution in [0, 0.1) is 27.7 Å². The third-order valence-corrected chi connectivity index (χ3v) is 6.95. The van der Waals surface area contributed by atoms with Gasteiger partial charge >= 0.3 is 0 Å². The van der Waals surface area contributed by atoms with Crippen LogP contribution in [-0.2, 0) is 4.79 Å². The minimum atomic E-state index is -0.359. The van der Waals surface area contributed by atoms with Gasteiger partial charge in [-0.25, -0.2) is 9.97 Å². The Bertz CT molecular complexity index is 1180. The van der Waals surface area contributed by atoms with Gasteiger partial charge in [0.05, 0.1) is 11.1 Å². The molecule has 7 heteroatoms. The Morgan fingerprint density at radius 3 is 2.60 bits per heavy atom. The number of thiophene rings is 1. The summed E-state index contributed by atoms with van der Waals surface area (Å²) in [6.07, 6.45) is 2.72. The highest BCUT2D eigenvalue weighted by Crippen LogP contribution is 2.39. The molecule has 0 saturated heterocycles. The van der Waals surface area contributed by atoms with Crippen molar-refractivity contribution in [2.24, 2.45) is 5.73 Å². The van der Waals surface area contributed by atoms with E-state index in [2.05, 4.69) is 49.5 Å². The number of carbonyl (C=O) groups is 1. The summed E-state index contributed by atoms with van der Waals surface area (Å²) in [4.78, 5) is 24.9. The average molecular weight is 424 g/mol. The Morgan fingerprint density at radius 1 is 1.20 bits per heavy atom. The van der Waals surface area contributed by atoms with E-state index in [0.29, 0.717) is 18.0 Å². The van der Waals surface area contributed by atoms with Crippen molar-refractivity contribution in [3.05, 3.63) is 44.6 Å². The zero-order valence-corrected chi connectivity index (χ0v) is 19.4. The molecule has 0 aliphatic carbocycles. The van der Waals surface area contributed by atoms with Gasteiger partial charge in [-0.1, -0.05) is 19.9 Å². The molecule has 0 atom stereocenters. The van der Waals surface area contributed by atoms with Gasteiger partial charge < -0.3 is 10.6 Å². The zero-order valence-electron chi connectivity index (χ0n) is 18.5. The van der Waals surface area contributed by atoms with E-state index in [0.717, 1.165) is 35.6 Å². The predicted octanol–water partition coefficient (Wildman–Crippen LogP) is 4.46. The molecule has 4 heterocycles. The molecule has 0 radical (unpaired) electrons. The van der Waals surface area contributed by atoms with E-state index in [-0.39, 0.29) is 5.91 Å². The van der Waals surface area contributed by atoms with Gasteiger partial charge in [0.25, 0.3) is 0 Å². The lowest BCUT2D eigenvalue weighted by atomic mass is 10.0. The average Bonchev–Trinajstić information content (AvgIpc) is 3.19. The predicted molar refractivity (Wildman–Crippen MR) is 124 cm³/mol. The molecule has 3 aromatic rings. The molecule has 0 saturated carbocycles. The number of nitrogens with zero attached hydrogens (tertiary/aromatic N) is 4. The molecule has 30 heavy (non-hydrogen) atoms. The van der Waals surface area contributed by atoms with E-state index >= 15 is 0 Å². The van der Waals surface area contributed by atoms with Gasteiger partial charge in [-0.15, -0.1) is 11.3 Å². The van der Waals surface area contributed by atoms with Crippen LogP contribution in [0.1, 0.15) is 53.7 Å². The van der Waals surface area contributed by atoms with Gasteiger partial charge in [0.15, 0.2) is 5.65 Å². The molecule has 0 fully saturated rings. The van der Waals surface area contributed by atoms with Gasteiger partial charge in [-0.05, 0) is 56.5 Å². The van der Waals surface area contributed by atoms with Gasteiger partial charge in [0, 0.05) is 29.2 Å². The van der Waals surface area contributed by atoms with E-state index in [4.69, 9.17) is 15.7 Å². The molecule has 2 N–H and O–H groups in total. The van der Waals surface area contributed by atoms with Crippen LogP contribution < -0.4 is 10.6 Å². The Balaban J connectivity index is 1.98. The van der Waals surface area contributed by atoms with Crippen molar-refractivity contribution in [1.82, 2.24) is 14.5 Å². The Kier molecular flexibility index (Phi) is 5.18. The fraction of sp³-hybridized carbons (Fsp3) is 0.435. The Labute approximate surface area is 181 Å². The molecular weight excluding hydrogens is 394 g/mol. The number of fused-ring (bicyclic) bond motifs is 1. The number of carbonyl (C=O) groups excluding carboxylic acids is 1. The van der Waals surface area contributed by atoms with Crippen molar-refractivity contribution < 1.29 is 4.79 Å². The smallest absolute Gasteiger partial charge is 0.246 e. The van der Waals surface area contributed by atoms with Crippen LogP contribution in [0.15, 0.2) is 17.0 Å². The molecule has 1 aliphatic rings. The second-order valence-corrected chi connectivity index (χ2v) is 9.48. The second-order valence-electron chi connectivity index (χ2n) is 8.39. The van der Waals surface area contributed by atoms with E-state index in [1.165, 1.54) is 27.4 Å². The normalized spacial score (nSPS) is 14.6. The molecule has 0 spiro atoms. The highest BCUT2D eigenvalue weighted by Gasteiger charge is 2.26. The topological polar surface area (TPSA) is 77.0 Å². The molecular formula is C23H29N5OS. The van der Waals surface area contributed by atoms with Crippen LogP contribution >= 0.6 is 11.3 Å². The van der Waals surface area contributed by atoms with Gasteiger partial charge in [0.1, 0.15) is 11.6 Å². The van der Waals surface area contributed by atoms with Crippen molar-refractivity contribution in [2.45, 2.75) is 53.9 Å². The number of aryl methyl sites for hydroxylation is 3. The number of hydrogen-bond donors (Lipinski definition) is 1. The highest BCUT2D eigenvalue weighted by molar-refractivity contribution is 7.10. The summed E-state index contributed by atoms with van der Waals surface area (Å²) >= 11 is 1.79. The molecule has 1 aliphatic heterocycles. The first-order chi connectivity index (χ1) is 14.2. The minimum Gasteiger partial charge on any atom is -0.366 e. The lowest BCUT2D eigenvalue weighted by Gasteiger charge is -2.28. The number of aromatic nitrogens is 3. The summed E-state index contributed by atoms with van der Waals surface area (Å²) in [5.74, 6) is 1.69. The van der Waals surface area contributed by atoms with Crippen molar-refractivity contribution in [3.63, 3.8) is 0 Å². The van der Waals surface area contributed by atoms with Crippen LogP contribution in [0.2, 0.25) is 0 Å². The third kappa shape index (κ3) is 3.21. The van der Waals surface area contributed by atoms with E-state index < -0.39 is 0 Å². The minimum absolute atomic E-state index is 0.359. The quantitative estimate of drug-likeness (QED) is 0.672. The maximum Gasteiger partial charge on any atom is 0.246 e. The maximum atomic E-state index is 11.8. The fourth-order valence-electron chi connectivity index (χ4n) is 4.32. The van der Waals surface area contributed by atoms with Gasteiger partial charge in [-0.3, -0.25) is 9.36 Å². The second kappa shape index (κ2) is 7.54. The lowest BCUT2D eigenvalue weighted by molar-refractivity contribution is -0.114. The van der Waals surface area contributed by atoms with Crippen LogP contribution in [0.25, 0.3) is 16.7 Å². The first-order valence-corrected chi connectivity index (χ1v) is 11.3. The summed E-state index contributed by atoms with van der Waals surface area (Å²) in [7, 11) is 0. The van der Waals surface area contributed by atoms with Crippen LogP contribution in [0.5, 0.6) is 0 Å². The summed E-state index contributed by atoms with van der Waals surface area (Å²) in [6, 6.07) is 0. The van der Waals surface area contributed by atoms with Gasteiger partial charge in [0.2, 0.25) is 5.91 Å². The van der Waals surface area contributed by atoms with E-state index in [1.54, 1.807) is 11.3 Å². The van der Waals surface area contributed by atoms with E-state index in [1.807, 2.05) is 13.0 Å². The lowest BCUT2D eigenvalue weighted by Crippen LogP contribution is -2.35. The van der Waals surface area contributed by atoms with E-state index in [9.17, 15) is 4.79 Å². The van der Waals surface area contributed by atoms with Crippen LogP contribution in [-0.4, -0.2) is 33.5 Å². The number of anilines is 1. The molecule has 158 valence electrons. The SMILES string of the molecule is Cc1nc(N2CCC=C(C(N)=O)C2)c2c(C)c(C)n(-c3c(C(C)C)csc3C)c2n1. The third-order valence-electron chi connectivity index (χ3n) is 6.03. The van der Waals surface area contributed by atoms with Crippen molar-refractivity contribution in [2.75, 3.05) is 18.0 Å². The molecule has 6 nitrogen and oxygen atoms in total. The van der Waals surface area contributed by atoms with Gasteiger partial charge in [-0.2, -0.15) is 0 Å². The molecule has 1 amide bonds. The summed E-state index contributed by atoms with van der Waals surface area (Å²) in [5, 5.41) is 3.32. The molecule has 0 bridgehead atoms. The fourth-order valence-corrected chi connectivity index (χ4v) is 5.32.